The average Bonchev–Trinajstić information content (AvgIpc) is 1.87. The van der Waals surface area contributed by atoms with Crippen molar-refractivity contribution >= 4 is 28.9 Å². The van der Waals surface area contributed by atoms with Gasteiger partial charge in [0.05, 0.1) is 6.61 Å². The van der Waals surface area contributed by atoms with Gasteiger partial charge < -0.3 is 9.42 Å². The van der Waals surface area contributed by atoms with Crippen molar-refractivity contribution in [3.8, 4) is 0 Å². The maximum Gasteiger partial charge on any atom is 0.244 e. The van der Waals surface area contributed by atoms with E-state index in [2.05, 4.69) is 6.92 Å². The fraction of sp³-hybridized carbons (Fsp3) is 1.00. The first-order valence-electron chi connectivity index (χ1n) is 3.74. The van der Waals surface area contributed by atoms with Gasteiger partial charge >= 0.3 is 0 Å². The lowest BCUT2D eigenvalue weighted by molar-refractivity contribution is 0.312. The van der Waals surface area contributed by atoms with Crippen LogP contribution in [0, 0.1) is 0 Å². The van der Waals surface area contributed by atoms with Crippen molar-refractivity contribution in [2.75, 3.05) is 12.4 Å². The Kier molecular flexibility index (Phi) is 6.98. The highest BCUT2D eigenvalue weighted by Crippen LogP contribution is 2.55. The molecule has 0 heterocycles. The van der Waals surface area contributed by atoms with Crippen LogP contribution >= 0.6 is 17.1 Å². The summed E-state index contributed by atoms with van der Waals surface area (Å²) in [7, 11) is 0. The molecule has 1 N–H and O–H groups in total. The van der Waals surface area contributed by atoms with Crippen LogP contribution in [0.25, 0.3) is 0 Å². The highest BCUT2D eigenvalue weighted by atomic mass is 32.9. The fourth-order valence-electron chi connectivity index (χ4n) is 0.525. The zero-order valence-corrected chi connectivity index (χ0v) is 9.48. The largest absolute Gasteiger partial charge is 0.337 e. The third kappa shape index (κ3) is 7.29. The standard InChI is InChI=1S/C6H15O2PS2/c1-3-5-6-8-9(7,10)11-4-2/h3-6H2,1-2H3,(H,7,10). The second-order valence-electron chi connectivity index (χ2n) is 2.07. The molecule has 1 atom stereocenters. The first-order chi connectivity index (χ1) is 5.12. The number of hydrogen-bond acceptors (Lipinski definition) is 3. The van der Waals surface area contributed by atoms with Crippen LogP contribution in [0.1, 0.15) is 26.7 Å². The quantitative estimate of drug-likeness (QED) is 0.544. The number of hydrogen-bond donors (Lipinski definition) is 1. The first-order valence-corrected chi connectivity index (χ1v) is 8.00. The fourth-order valence-corrected chi connectivity index (χ4v) is 3.88. The van der Waals surface area contributed by atoms with Gasteiger partial charge in [0.2, 0.25) is 5.69 Å². The molecular weight excluding hydrogens is 199 g/mol. The molecule has 1 unspecified atom stereocenters. The first kappa shape index (κ1) is 11.9. The zero-order chi connectivity index (χ0) is 8.74. The predicted octanol–water partition coefficient (Wildman–Crippen LogP) is 2.77. The minimum atomic E-state index is -2.47. The van der Waals surface area contributed by atoms with Gasteiger partial charge in [-0.05, 0) is 24.0 Å². The molecule has 0 fully saturated rings. The third-order valence-corrected chi connectivity index (χ3v) is 5.47. The summed E-state index contributed by atoms with van der Waals surface area (Å²) in [5.41, 5.74) is -2.47. The van der Waals surface area contributed by atoms with Crippen LogP contribution in [0.5, 0.6) is 0 Å². The Morgan fingerprint density at radius 3 is 2.64 bits per heavy atom. The van der Waals surface area contributed by atoms with Gasteiger partial charge in [0.1, 0.15) is 0 Å². The predicted molar refractivity (Wildman–Crippen MR) is 55.5 cm³/mol. The summed E-state index contributed by atoms with van der Waals surface area (Å²) in [5, 5.41) is 0. The second kappa shape index (κ2) is 6.44. The average molecular weight is 214 g/mol. The molecule has 0 amide bonds. The van der Waals surface area contributed by atoms with E-state index < -0.39 is 5.69 Å². The Morgan fingerprint density at radius 2 is 2.18 bits per heavy atom. The van der Waals surface area contributed by atoms with Gasteiger partial charge in [0.15, 0.2) is 0 Å². The molecule has 5 heteroatoms. The van der Waals surface area contributed by atoms with Gasteiger partial charge in [-0.15, -0.1) is 0 Å². The molecule has 11 heavy (non-hydrogen) atoms. The smallest absolute Gasteiger partial charge is 0.244 e. The molecule has 68 valence electrons. The van der Waals surface area contributed by atoms with Crippen molar-refractivity contribution in [3.05, 3.63) is 0 Å². The lowest BCUT2D eigenvalue weighted by atomic mass is 10.4. The molecule has 0 spiro atoms. The van der Waals surface area contributed by atoms with Gasteiger partial charge in [0.25, 0.3) is 0 Å². The molecule has 0 aliphatic rings. The summed E-state index contributed by atoms with van der Waals surface area (Å²) >= 11 is 6.21. The van der Waals surface area contributed by atoms with Crippen LogP contribution in [0.3, 0.4) is 0 Å². The van der Waals surface area contributed by atoms with Crippen LogP contribution in [0.15, 0.2) is 0 Å². The Bertz CT molecular complexity index is 141. The van der Waals surface area contributed by atoms with Crippen molar-refractivity contribution in [1.29, 1.82) is 0 Å². The highest BCUT2D eigenvalue weighted by molar-refractivity contribution is 8.67. The molecule has 0 saturated carbocycles. The Labute approximate surface area is 77.6 Å². The van der Waals surface area contributed by atoms with E-state index in [1.54, 1.807) is 0 Å². The third-order valence-electron chi connectivity index (χ3n) is 1.04. The minimum Gasteiger partial charge on any atom is -0.337 e. The van der Waals surface area contributed by atoms with Crippen LogP contribution in [-0.2, 0) is 16.3 Å². The number of unbranched alkanes of at least 4 members (excludes halogenated alkanes) is 1. The van der Waals surface area contributed by atoms with E-state index in [9.17, 15) is 4.89 Å². The summed E-state index contributed by atoms with van der Waals surface area (Å²) in [6, 6.07) is 0. The molecule has 0 radical (unpaired) electrons. The molecule has 0 rings (SSSR count). The summed E-state index contributed by atoms with van der Waals surface area (Å²) < 4.78 is 5.15. The number of rotatable bonds is 6. The van der Waals surface area contributed by atoms with E-state index in [1.807, 2.05) is 6.92 Å². The Hall–Kier alpha value is 0.920. The van der Waals surface area contributed by atoms with Crippen LogP contribution in [0.2, 0.25) is 0 Å². The molecule has 0 bridgehead atoms. The van der Waals surface area contributed by atoms with Crippen LogP contribution < -0.4 is 0 Å². The lowest BCUT2D eigenvalue weighted by Crippen LogP contribution is -1.89. The van der Waals surface area contributed by atoms with E-state index in [4.69, 9.17) is 16.3 Å². The topological polar surface area (TPSA) is 29.5 Å². The maximum absolute atomic E-state index is 9.41. The molecule has 0 aromatic rings. The van der Waals surface area contributed by atoms with Gasteiger partial charge in [-0.2, -0.15) is 0 Å². The van der Waals surface area contributed by atoms with Crippen LogP contribution in [-0.4, -0.2) is 17.3 Å². The second-order valence-corrected chi connectivity index (χ2v) is 8.54. The van der Waals surface area contributed by atoms with E-state index in [1.165, 1.54) is 11.4 Å². The van der Waals surface area contributed by atoms with Crippen molar-refractivity contribution in [3.63, 3.8) is 0 Å². The van der Waals surface area contributed by atoms with Gasteiger partial charge in [0, 0.05) is 0 Å². The monoisotopic (exact) mass is 214 g/mol. The van der Waals surface area contributed by atoms with E-state index in [0.717, 1.165) is 18.6 Å². The molecule has 0 aromatic heterocycles. The summed E-state index contributed by atoms with van der Waals surface area (Å²) in [6.45, 7) is 4.64. The summed E-state index contributed by atoms with van der Waals surface area (Å²) in [6.07, 6.45) is 2.05. The van der Waals surface area contributed by atoms with E-state index in [0.29, 0.717) is 6.61 Å². The van der Waals surface area contributed by atoms with Crippen molar-refractivity contribution in [2.45, 2.75) is 26.7 Å². The minimum absolute atomic E-state index is 0.595. The van der Waals surface area contributed by atoms with Gasteiger partial charge in [-0.1, -0.05) is 31.7 Å². The lowest BCUT2D eigenvalue weighted by Gasteiger charge is -2.12. The highest BCUT2D eigenvalue weighted by Gasteiger charge is 2.11. The van der Waals surface area contributed by atoms with Gasteiger partial charge in [-0.3, -0.25) is 0 Å². The normalized spacial score (nSPS) is 16.3. The van der Waals surface area contributed by atoms with E-state index >= 15 is 0 Å². The van der Waals surface area contributed by atoms with Crippen LogP contribution in [0.4, 0.5) is 0 Å². The molecule has 0 aliphatic carbocycles. The maximum atomic E-state index is 9.41. The SMILES string of the molecule is CCCCOP(O)(=S)SCC. The molecule has 0 aromatic carbocycles. The Morgan fingerprint density at radius 1 is 1.55 bits per heavy atom. The molecular formula is C6H15O2PS2. The zero-order valence-electron chi connectivity index (χ0n) is 6.95. The summed E-state index contributed by atoms with van der Waals surface area (Å²) in [5.74, 6) is 0.819. The van der Waals surface area contributed by atoms with Gasteiger partial charge in [-0.25, -0.2) is 0 Å². The van der Waals surface area contributed by atoms with Crippen molar-refractivity contribution < 1.29 is 9.42 Å². The summed E-state index contributed by atoms with van der Waals surface area (Å²) in [4.78, 5) is 9.41. The van der Waals surface area contributed by atoms with Crippen molar-refractivity contribution in [1.82, 2.24) is 0 Å². The molecule has 0 aliphatic heterocycles. The molecule has 2 nitrogen and oxygen atoms in total. The van der Waals surface area contributed by atoms with E-state index in [-0.39, 0.29) is 0 Å². The Balaban J connectivity index is 3.47. The van der Waals surface area contributed by atoms with Crippen molar-refractivity contribution in [2.24, 2.45) is 0 Å². The molecule has 0 saturated heterocycles.